The van der Waals surface area contributed by atoms with Crippen molar-refractivity contribution in [1.82, 2.24) is 10.2 Å². The minimum absolute atomic E-state index is 0.469. The normalized spacial score (nSPS) is 21.3. The van der Waals surface area contributed by atoms with Crippen molar-refractivity contribution in [2.45, 2.75) is 59.0 Å². The lowest BCUT2D eigenvalue weighted by molar-refractivity contribution is 0.237. The van der Waals surface area contributed by atoms with E-state index in [1.165, 1.54) is 42.5 Å². The highest BCUT2D eigenvalue weighted by atomic mass is 15.2. The Morgan fingerprint density at radius 1 is 1.35 bits per heavy atom. The van der Waals surface area contributed by atoms with Gasteiger partial charge < -0.3 is 5.32 Å². The van der Waals surface area contributed by atoms with Crippen LogP contribution >= 0.6 is 0 Å². The average molecular weight is 274 g/mol. The summed E-state index contributed by atoms with van der Waals surface area (Å²) in [5.41, 5.74) is 4.25. The van der Waals surface area contributed by atoms with Crippen molar-refractivity contribution in [3.05, 3.63) is 34.9 Å². The van der Waals surface area contributed by atoms with Crippen molar-refractivity contribution in [3.8, 4) is 0 Å². The van der Waals surface area contributed by atoms with Crippen LogP contribution < -0.4 is 5.32 Å². The summed E-state index contributed by atoms with van der Waals surface area (Å²) in [5.74, 6) is 0. The van der Waals surface area contributed by atoms with Crippen LogP contribution in [0.5, 0.6) is 0 Å². The third kappa shape index (κ3) is 3.83. The minimum atomic E-state index is 0.469. The SMILES string of the molecule is CCCNC(CN1CCCC1C)c1ccc(C)cc1C. The molecule has 0 radical (unpaired) electrons. The Labute approximate surface area is 124 Å². The summed E-state index contributed by atoms with van der Waals surface area (Å²) >= 11 is 0. The topological polar surface area (TPSA) is 15.3 Å². The van der Waals surface area contributed by atoms with Crippen molar-refractivity contribution in [3.63, 3.8) is 0 Å². The fourth-order valence-electron chi connectivity index (χ4n) is 3.31. The van der Waals surface area contributed by atoms with Gasteiger partial charge in [0, 0.05) is 18.6 Å². The molecule has 2 rings (SSSR count). The Kier molecular flexibility index (Phi) is 5.62. The molecule has 112 valence electrons. The molecule has 2 unspecified atom stereocenters. The van der Waals surface area contributed by atoms with Crippen LogP contribution in [0.1, 0.15) is 55.8 Å². The second-order valence-corrected chi connectivity index (χ2v) is 6.35. The lowest BCUT2D eigenvalue weighted by atomic mass is 9.98. The minimum Gasteiger partial charge on any atom is -0.309 e. The molecule has 1 heterocycles. The number of benzene rings is 1. The Morgan fingerprint density at radius 3 is 2.75 bits per heavy atom. The second kappa shape index (κ2) is 7.24. The zero-order chi connectivity index (χ0) is 14.5. The third-order valence-electron chi connectivity index (χ3n) is 4.55. The first-order valence-electron chi connectivity index (χ1n) is 8.16. The molecule has 1 aromatic rings. The Balaban J connectivity index is 2.13. The first-order valence-corrected chi connectivity index (χ1v) is 8.16. The quantitative estimate of drug-likeness (QED) is 0.848. The van der Waals surface area contributed by atoms with Gasteiger partial charge in [0.1, 0.15) is 0 Å². The molecule has 0 bridgehead atoms. The average Bonchev–Trinajstić information content (AvgIpc) is 2.80. The second-order valence-electron chi connectivity index (χ2n) is 6.35. The van der Waals surface area contributed by atoms with Crippen molar-refractivity contribution in [1.29, 1.82) is 0 Å². The molecule has 20 heavy (non-hydrogen) atoms. The van der Waals surface area contributed by atoms with E-state index in [-0.39, 0.29) is 0 Å². The van der Waals surface area contributed by atoms with E-state index in [2.05, 4.69) is 56.1 Å². The summed E-state index contributed by atoms with van der Waals surface area (Å²) in [6.45, 7) is 12.5. The van der Waals surface area contributed by atoms with Gasteiger partial charge in [-0.15, -0.1) is 0 Å². The highest BCUT2D eigenvalue weighted by molar-refractivity contribution is 5.33. The van der Waals surface area contributed by atoms with Crippen LogP contribution in [0.4, 0.5) is 0 Å². The van der Waals surface area contributed by atoms with Crippen LogP contribution in [0.2, 0.25) is 0 Å². The number of nitrogens with one attached hydrogen (secondary N) is 1. The number of hydrogen-bond acceptors (Lipinski definition) is 2. The largest absolute Gasteiger partial charge is 0.309 e. The monoisotopic (exact) mass is 274 g/mol. The summed E-state index contributed by atoms with van der Waals surface area (Å²) < 4.78 is 0. The molecule has 1 aromatic carbocycles. The maximum atomic E-state index is 3.75. The molecule has 1 aliphatic rings. The zero-order valence-electron chi connectivity index (χ0n) is 13.6. The Hall–Kier alpha value is -0.860. The Morgan fingerprint density at radius 2 is 2.15 bits per heavy atom. The molecule has 2 heteroatoms. The standard InChI is InChI=1S/C18H30N2/c1-5-10-19-18(13-20-11-6-7-16(20)4)17-9-8-14(2)12-15(17)3/h8-9,12,16,18-19H,5-7,10-11,13H2,1-4H3. The predicted octanol–water partition coefficient (Wildman–Crippen LogP) is 3.83. The Bertz CT molecular complexity index is 427. The summed E-state index contributed by atoms with van der Waals surface area (Å²) in [5, 5.41) is 3.75. The van der Waals surface area contributed by atoms with Crippen LogP contribution in [0.15, 0.2) is 18.2 Å². The fourth-order valence-corrected chi connectivity index (χ4v) is 3.31. The van der Waals surface area contributed by atoms with Gasteiger partial charge in [-0.2, -0.15) is 0 Å². The summed E-state index contributed by atoms with van der Waals surface area (Å²) in [6, 6.07) is 8.08. The van der Waals surface area contributed by atoms with Gasteiger partial charge in [-0.25, -0.2) is 0 Å². The molecule has 0 amide bonds. The molecule has 0 aliphatic carbocycles. The van der Waals surface area contributed by atoms with Crippen LogP contribution in [0.3, 0.4) is 0 Å². The van der Waals surface area contributed by atoms with Crippen molar-refractivity contribution in [2.24, 2.45) is 0 Å². The maximum Gasteiger partial charge on any atom is 0.0452 e. The lowest BCUT2D eigenvalue weighted by Gasteiger charge is -2.29. The molecule has 1 aliphatic heterocycles. The van der Waals surface area contributed by atoms with Gasteiger partial charge in [0.25, 0.3) is 0 Å². The first-order chi connectivity index (χ1) is 9.61. The number of nitrogens with zero attached hydrogens (tertiary/aromatic N) is 1. The predicted molar refractivity (Wildman–Crippen MR) is 87.2 cm³/mol. The molecule has 0 aromatic heterocycles. The zero-order valence-corrected chi connectivity index (χ0v) is 13.6. The van der Waals surface area contributed by atoms with Crippen LogP contribution in [0.25, 0.3) is 0 Å². The number of rotatable bonds is 6. The van der Waals surface area contributed by atoms with Gasteiger partial charge in [0.15, 0.2) is 0 Å². The van der Waals surface area contributed by atoms with E-state index in [1.54, 1.807) is 0 Å². The van der Waals surface area contributed by atoms with Crippen LogP contribution in [-0.4, -0.2) is 30.6 Å². The lowest BCUT2D eigenvalue weighted by Crippen LogP contribution is -2.37. The van der Waals surface area contributed by atoms with Crippen LogP contribution in [-0.2, 0) is 0 Å². The van der Waals surface area contributed by atoms with Crippen LogP contribution in [0, 0.1) is 13.8 Å². The highest BCUT2D eigenvalue weighted by Gasteiger charge is 2.24. The highest BCUT2D eigenvalue weighted by Crippen LogP contribution is 2.24. The van der Waals surface area contributed by atoms with E-state index in [9.17, 15) is 0 Å². The number of hydrogen-bond donors (Lipinski definition) is 1. The van der Waals surface area contributed by atoms with Gasteiger partial charge in [-0.3, -0.25) is 4.90 Å². The molecule has 0 saturated carbocycles. The van der Waals surface area contributed by atoms with E-state index >= 15 is 0 Å². The number of aryl methyl sites for hydroxylation is 2. The van der Waals surface area contributed by atoms with Crippen molar-refractivity contribution >= 4 is 0 Å². The molecule has 0 spiro atoms. The molecule has 1 fully saturated rings. The first kappa shape index (κ1) is 15.5. The van der Waals surface area contributed by atoms with Gasteiger partial charge >= 0.3 is 0 Å². The third-order valence-corrected chi connectivity index (χ3v) is 4.55. The van der Waals surface area contributed by atoms with E-state index in [0.717, 1.165) is 19.1 Å². The van der Waals surface area contributed by atoms with Gasteiger partial charge in [-0.1, -0.05) is 30.7 Å². The van der Waals surface area contributed by atoms with Gasteiger partial charge in [0.05, 0.1) is 0 Å². The van der Waals surface area contributed by atoms with Gasteiger partial charge in [0.2, 0.25) is 0 Å². The van der Waals surface area contributed by atoms with E-state index in [1.807, 2.05) is 0 Å². The van der Waals surface area contributed by atoms with Gasteiger partial charge in [-0.05, 0) is 64.3 Å². The maximum absolute atomic E-state index is 3.75. The van der Waals surface area contributed by atoms with E-state index < -0.39 is 0 Å². The molecular weight excluding hydrogens is 244 g/mol. The summed E-state index contributed by atoms with van der Waals surface area (Å²) in [4.78, 5) is 2.65. The van der Waals surface area contributed by atoms with E-state index in [4.69, 9.17) is 0 Å². The fraction of sp³-hybridized carbons (Fsp3) is 0.667. The molecule has 2 atom stereocenters. The summed E-state index contributed by atoms with van der Waals surface area (Å²) in [7, 11) is 0. The molecule has 2 nitrogen and oxygen atoms in total. The molecule has 1 saturated heterocycles. The molecule has 1 N–H and O–H groups in total. The van der Waals surface area contributed by atoms with Crippen molar-refractivity contribution < 1.29 is 0 Å². The van der Waals surface area contributed by atoms with Crippen molar-refractivity contribution in [2.75, 3.05) is 19.6 Å². The smallest absolute Gasteiger partial charge is 0.0452 e. The van der Waals surface area contributed by atoms with E-state index in [0.29, 0.717) is 6.04 Å². The number of likely N-dealkylation sites (tertiary alicyclic amines) is 1. The summed E-state index contributed by atoms with van der Waals surface area (Å²) in [6.07, 6.45) is 3.90. The molecular formula is C18H30N2.